The molecule has 3 amide bonds. The van der Waals surface area contributed by atoms with Gasteiger partial charge in [0.15, 0.2) is 0 Å². The van der Waals surface area contributed by atoms with E-state index in [1.165, 1.54) is 11.8 Å². The third-order valence-electron chi connectivity index (χ3n) is 5.41. The van der Waals surface area contributed by atoms with E-state index in [2.05, 4.69) is 20.9 Å². The van der Waals surface area contributed by atoms with Crippen LogP contribution in [0.25, 0.3) is 10.9 Å². The highest BCUT2D eigenvalue weighted by atomic mass is 32.2. The van der Waals surface area contributed by atoms with Crippen molar-refractivity contribution in [3.05, 3.63) is 36.0 Å². The fourth-order valence-electron chi connectivity index (χ4n) is 3.45. The number of nitrogens with two attached hydrogens (primary N) is 1. The van der Waals surface area contributed by atoms with Gasteiger partial charge in [-0.15, -0.1) is 0 Å². The molecule has 0 aliphatic carbocycles. The second-order valence-electron chi connectivity index (χ2n) is 8.12. The van der Waals surface area contributed by atoms with E-state index in [0.717, 1.165) is 16.5 Å². The molecule has 0 fully saturated rings. The predicted octanol–water partition coefficient (Wildman–Crippen LogP) is -0.174. The van der Waals surface area contributed by atoms with Crippen molar-refractivity contribution in [2.75, 3.05) is 18.6 Å². The third kappa shape index (κ3) is 8.89. The van der Waals surface area contributed by atoms with Gasteiger partial charge in [-0.2, -0.15) is 11.8 Å². The van der Waals surface area contributed by atoms with Gasteiger partial charge in [-0.3, -0.25) is 19.2 Å². The molecule has 0 spiro atoms. The van der Waals surface area contributed by atoms with Gasteiger partial charge in [0.2, 0.25) is 17.7 Å². The van der Waals surface area contributed by atoms with E-state index in [-0.39, 0.29) is 25.7 Å². The minimum Gasteiger partial charge on any atom is -0.481 e. The number of carbonyl (C=O) groups is 5. The number of benzene rings is 1. The standard InChI is InChI=1S/C23H31N5O7S/c1-36-9-8-17(23(34)35)28-22(33)18(10-13-11-25-16-5-3-2-4-14(13)16)27-19(29)12-26-21(32)15(24)6-7-20(30)31/h2-5,11,15,17-18,25H,6-10,12,24H2,1H3,(H,26,32)(H,27,29)(H,28,33)(H,30,31)(H,34,35). The lowest BCUT2D eigenvalue weighted by molar-refractivity contribution is -0.142. The first-order chi connectivity index (χ1) is 17.1. The van der Waals surface area contributed by atoms with E-state index >= 15 is 0 Å². The Labute approximate surface area is 211 Å². The second-order valence-corrected chi connectivity index (χ2v) is 9.11. The van der Waals surface area contributed by atoms with Crippen molar-refractivity contribution < 1.29 is 34.2 Å². The highest BCUT2D eigenvalue weighted by Gasteiger charge is 2.27. The maximum Gasteiger partial charge on any atom is 0.326 e. The Morgan fingerprint density at radius 1 is 1.03 bits per heavy atom. The Morgan fingerprint density at radius 2 is 1.75 bits per heavy atom. The first-order valence-electron chi connectivity index (χ1n) is 11.2. The molecule has 36 heavy (non-hydrogen) atoms. The van der Waals surface area contributed by atoms with Crippen LogP contribution in [-0.4, -0.2) is 81.5 Å². The normalized spacial score (nSPS) is 13.4. The molecule has 12 nitrogen and oxygen atoms in total. The molecule has 8 N–H and O–H groups in total. The molecule has 1 aromatic heterocycles. The van der Waals surface area contributed by atoms with Crippen LogP contribution in [-0.2, 0) is 30.4 Å². The summed E-state index contributed by atoms with van der Waals surface area (Å²) in [7, 11) is 0. The molecule has 0 saturated carbocycles. The number of hydrogen-bond acceptors (Lipinski definition) is 7. The van der Waals surface area contributed by atoms with Crippen LogP contribution >= 0.6 is 11.8 Å². The first-order valence-corrected chi connectivity index (χ1v) is 12.6. The number of thioether (sulfide) groups is 1. The topological polar surface area (TPSA) is 204 Å². The maximum absolute atomic E-state index is 13.0. The Balaban J connectivity index is 2.10. The lowest BCUT2D eigenvalue weighted by Gasteiger charge is -2.22. The lowest BCUT2D eigenvalue weighted by atomic mass is 10.0. The predicted molar refractivity (Wildman–Crippen MR) is 134 cm³/mol. The molecule has 3 unspecified atom stereocenters. The smallest absolute Gasteiger partial charge is 0.326 e. The molecular formula is C23H31N5O7S. The van der Waals surface area contributed by atoms with Crippen LogP contribution in [0.1, 0.15) is 24.8 Å². The van der Waals surface area contributed by atoms with Crippen molar-refractivity contribution >= 4 is 52.3 Å². The number of carboxylic acids is 2. The maximum atomic E-state index is 13.0. The number of hydrogen-bond donors (Lipinski definition) is 7. The van der Waals surface area contributed by atoms with Crippen molar-refractivity contribution in [1.29, 1.82) is 0 Å². The number of aromatic nitrogens is 1. The van der Waals surface area contributed by atoms with Crippen molar-refractivity contribution in [2.24, 2.45) is 5.73 Å². The summed E-state index contributed by atoms with van der Waals surface area (Å²) in [5.74, 6) is -3.83. The molecule has 0 aliphatic heterocycles. The summed E-state index contributed by atoms with van der Waals surface area (Å²) in [6, 6.07) is 4.05. The van der Waals surface area contributed by atoms with Gasteiger partial charge in [0.1, 0.15) is 12.1 Å². The number of aliphatic carboxylic acids is 2. The Kier molecular flexibility index (Phi) is 11.2. The van der Waals surface area contributed by atoms with E-state index in [9.17, 15) is 29.1 Å². The summed E-state index contributed by atoms with van der Waals surface area (Å²) in [6.45, 7) is -0.494. The molecule has 3 atom stereocenters. The quantitative estimate of drug-likeness (QED) is 0.166. The Morgan fingerprint density at radius 3 is 2.42 bits per heavy atom. The van der Waals surface area contributed by atoms with Crippen LogP contribution in [0.15, 0.2) is 30.5 Å². The molecule has 0 bridgehead atoms. The van der Waals surface area contributed by atoms with E-state index in [1.54, 1.807) is 6.20 Å². The van der Waals surface area contributed by atoms with Gasteiger partial charge in [-0.1, -0.05) is 18.2 Å². The van der Waals surface area contributed by atoms with Crippen molar-refractivity contribution in [3.63, 3.8) is 0 Å². The fraction of sp³-hybridized carbons (Fsp3) is 0.435. The highest BCUT2D eigenvalue weighted by molar-refractivity contribution is 7.98. The Hall–Kier alpha value is -3.58. The summed E-state index contributed by atoms with van der Waals surface area (Å²) in [6.07, 6.45) is 3.42. The highest BCUT2D eigenvalue weighted by Crippen LogP contribution is 2.19. The molecule has 1 aromatic carbocycles. The molecule has 0 saturated heterocycles. The Bertz CT molecular complexity index is 1090. The molecule has 1 heterocycles. The van der Waals surface area contributed by atoms with Crippen LogP contribution in [0.4, 0.5) is 0 Å². The van der Waals surface area contributed by atoms with Crippen molar-refractivity contribution in [1.82, 2.24) is 20.9 Å². The molecule has 13 heteroatoms. The number of nitrogens with one attached hydrogen (secondary N) is 4. The van der Waals surface area contributed by atoms with Gasteiger partial charge in [0, 0.05) is 29.9 Å². The number of fused-ring (bicyclic) bond motifs is 1. The van der Waals surface area contributed by atoms with E-state index in [1.807, 2.05) is 30.5 Å². The molecule has 0 radical (unpaired) electrons. The van der Waals surface area contributed by atoms with Crippen molar-refractivity contribution in [2.45, 2.75) is 43.8 Å². The number of amides is 3. The van der Waals surface area contributed by atoms with Crippen LogP contribution in [0.3, 0.4) is 0 Å². The summed E-state index contributed by atoms with van der Waals surface area (Å²) < 4.78 is 0. The minimum absolute atomic E-state index is 0.0719. The van der Waals surface area contributed by atoms with Gasteiger partial charge in [0.25, 0.3) is 0 Å². The van der Waals surface area contributed by atoms with E-state index < -0.39 is 54.3 Å². The summed E-state index contributed by atoms with van der Waals surface area (Å²) in [5, 5.41) is 26.4. The fourth-order valence-corrected chi connectivity index (χ4v) is 3.92. The third-order valence-corrected chi connectivity index (χ3v) is 6.05. The molecular weight excluding hydrogens is 490 g/mol. The number of carbonyl (C=O) groups excluding carboxylic acids is 3. The summed E-state index contributed by atoms with van der Waals surface area (Å²) in [4.78, 5) is 63.0. The number of H-pyrrole nitrogens is 1. The number of aromatic amines is 1. The first kappa shape index (κ1) is 28.7. The average Bonchev–Trinajstić information content (AvgIpc) is 3.25. The minimum atomic E-state index is -1.18. The van der Waals surface area contributed by atoms with Crippen LogP contribution in [0.2, 0.25) is 0 Å². The van der Waals surface area contributed by atoms with E-state index in [4.69, 9.17) is 10.8 Å². The average molecular weight is 522 g/mol. The molecule has 2 rings (SSSR count). The molecule has 0 aliphatic rings. The van der Waals surface area contributed by atoms with Crippen LogP contribution in [0, 0.1) is 0 Å². The largest absolute Gasteiger partial charge is 0.481 e. The lowest BCUT2D eigenvalue weighted by Crippen LogP contribution is -2.54. The zero-order valence-electron chi connectivity index (χ0n) is 19.8. The summed E-state index contributed by atoms with van der Waals surface area (Å²) >= 11 is 1.44. The van der Waals surface area contributed by atoms with E-state index in [0.29, 0.717) is 5.75 Å². The SMILES string of the molecule is CSCCC(NC(=O)C(Cc1c[nH]c2ccccc12)NC(=O)CNC(=O)C(N)CCC(=O)O)C(=O)O. The monoisotopic (exact) mass is 521 g/mol. The number of para-hydroxylation sites is 1. The number of rotatable bonds is 15. The summed E-state index contributed by atoms with van der Waals surface area (Å²) in [5.41, 5.74) is 7.21. The van der Waals surface area contributed by atoms with Gasteiger partial charge in [0.05, 0.1) is 12.6 Å². The van der Waals surface area contributed by atoms with Gasteiger partial charge >= 0.3 is 11.9 Å². The van der Waals surface area contributed by atoms with Gasteiger partial charge in [-0.05, 0) is 36.5 Å². The molecule has 196 valence electrons. The molecule has 2 aromatic rings. The van der Waals surface area contributed by atoms with Crippen LogP contribution < -0.4 is 21.7 Å². The van der Waals surface area contributed by atoms with Gasteiger partial charge in [-0.25, -0.2) is 4.79 Å². The number of carboxylic acid groups (broad SMARTS) is 2. The second kappa shape index (κ2) is 14.1. The zero-order valence-corrected chi connectivity index (χ0v) is 20.6. The van der Waals surface area contributed by atoms with Crippen LogP contribution in [0.5, 0.6) is 0 Å². The van der Waals surface area contributed by atoms with Gasteiger partial charge < -0.3 is 36.9 Å². The van der Waals surface area contributed by atoms with Crippen molar-refractivity contribution in [3.8, 4) is 0 Å². The zero-order chi connectivity index (χ0) is 26.7.